The standard InChI is InChI=1S/C25H27N5O5/c31-22(29-11-3-10-25(29)16-19-4-1-2-5-21(19)26-24(25)33)17-27-12-14-28(15-13-27)23(32)18-6-8-20(9-7-18)30(34)35/h1-2,4-9H,3,10-17H2,(H,26,33). The van der Waals surface area contributed by atoms with Crippen LogP contribution in [0.2, 0.25) is 0 Å². The van der Waals surface area contributed by atoms with Gasteiger partial charge in [-0.2, -0.15) is 0 Å². The highest BCUT2D eigenvalue weighted by atomic mass is 16.6. The van der Waals surface area contributed by atoms with Crippen LogP contribution in [0.3, 0.4) is 0 Å². The van der Waals surface area contributed by atoms with Crippen molar-refractivity contribution in [2.24, 2.45) is 0 Å². The number of nitrogens with one attached hydrogen (secondary N) is 1. The molecule has 3 amide bonds. The van der Waals surface area contributed by atoms with Crippen molar-refractivity contribution in [3.05, 3.63) is 69.8 Å². The molecule has 0 aliphatic carbocycles. The van der Waals surface area contributed by atoms with Crippen LogP contribution < -0.4 is 5.32 Å². The van der Waals surface area contributed by atoms with Gasteiger partial charge in [-0.3, -0.25) is 29.4 Å². The van der Waals surface area contributed by atoms with E-state index in [4.69, 9.17) is 0 Å². The fourth-order valence-electron chi connectivity index (χ4n) is 5.39. The number of fused-ring (bicyclic) bond motifs is 1. The molecule has 3 aliphatic rings. The molecule has 10 heteroatoms. The highest BCUT2D eigenvalue weighted by molar-refractivity contribution is 6.04. The van der Waals surface area contributed by atoms with Crippen LogP contribution in [0.15, 0.2) is 48.5 Å². The summed E-state index contributed by atoms with van der Waals surface area (Å²) in [5, 5.41) is 13.8. The van der Waals surface area contributed by atoms with Gasteiger partial charge in [0.2, 0.25) is 5.91 Å². The first-order chi connectivity index (χ1) is 16.9. The van der Waals surface area contributed by atoms with Crippen molar-refractivity contribution in [3.8, 4) is 0 Å². The van der Waals surface area contributed by atoms with Gasteiger partial charge in [0.1, 0.15) is 5.54 Å². The minimum atomic E-state index is -0.834. The Labute approximate surface area is 202 Å². The third-order valence-corrected chi connectivity index (χ3v) is 7.30. The zero-order valence-corrected chi connectivity index (χ0v) is 19.3. The number of hydrogen-bond acceptors (Lipinski definition) is 6. The average molecular weight is 478 g/mol. The molecule has 1 atom stereocenters. The number of benzene rings is 2. The largest absolute Gasteiger partial charge is 0.336 e. The van der Waals surface area contributed by atoms with Crippen molar-refractivity contribution >= 4 is 29.1 Å². The Balaban J connectivity index is 1.19. The summed E-state index contributed by atoms with van der Waals surface area (Å²) < 4.78 is 0. The van der Waals surface area contributed by atoms with Gasteiger partial charge in [0.15, 0.2) is 0 Å². The molecule has 1 N–H and O–H groups in total. The SMILES string of the molecule is O=C(c1ccc([N+](=O)[O-])cc1)N1CCN(CC(=O)N2CCCC23Cc2ccccc2NC3=O)CC1. The lowest BCUT2D eigenvalue weighted by atomic mass is 9.83. The topological polar surface area (TPSA) is 116 Å². The van der Waals surface area contributed by atoms with Crippen LogP contribution in [0.5, 0.6) is 0 Å². The molecule has 5 rings (SSSR count). The van der Waals surface area contributed by atoms with Crippen LogP contribution in [-0.4, -0.2) is 82.2 Å². The number of nitro groups is 1. The maximum Gasteiger partial charge on any atom is 0.269 e. The number of nitrogens with zero attached hydrogens (tertiary/aromatic N) is 4. The number of piperazine rings is 1. The number of amides is 3. The summed E-state index contributed by atoms with van der Waals surface area (Å²) in [4.78, 5) is 55.0. The lowest BCUT2D eigenvalue weighted by molar-refractivity contribution is -0.384. The van der Waals surface area contributed by atoms with Gasteiger partial charge in [0.25, 0.3) is 17.5 Å². The second kappa shape index (κ2) is 9.10. The first-order valence-electron chi connectivity index (χ1n) is 11.8. The second-order valence-electron chi connectivity index (χ2n) is 9.34. The Morgan fingerprint density at radius 2 is 1.71 bits per heavy atom. The lowest BCUT2D eigenvalue weighted by Gasteiger charge is -2.42. The van der Waals surface area contributed by atoms with Gasteiger partial charge in [-0.05, 0) is 36.6 Å². The molecule has 2 saturated heterocycles. The average Bonchev–Trinajstić information content (AvgIpc) is 3.29. The highest BCUT2D eigenvalue weighted by Crippen LogP contribution is 2.39. The monoisotopic (exact) mass is 477 g/mol. The van der Waals surface area contributed by atoms with E-state index >= 15 is 0 Å². The van der Waals surface area contributed by atoms with E-state index in [0.717, 1.165) is 17.7 Å². The fourth-order valence-corrected chi connectivity index (χ4v) is 5.39. The number of rotatable bonds is 4. The van der Waals surface area contributed by atoms with Crippen LogP contribution in [0, 0.1) is 10.1 Å². The van der Waals surface area contributed by atoms with E-state index in [0.29, 0.717) is 51.1 Å². The van der Waals surface area contributed by atoms with E-state index in [9.17, 15) is 24.5 Å². The zero-order chi connectivity index (χ0) is 24.6. The smallest absolute Gasteiger partial charge is 0.269 e. The molecule has 0 saturated carbocycles. The van der Waals surface area contributed by atoms with Gasteiger partial charge < -0.3 is 15.1 Å². The van der Waals surface area contributed by atoms with Gasteiger partial charge in [-0.15, -0.1) is 0 Å². The maximum atomic E-state index is 13.3. The molecule has 1 spiro atoms. The number of non-ortho nitro benzene ring substituents is 1. The third kappa shape index (κ3) is 4.25. The number of para-hydroxylation sites is 1. The normalized spacial score (nSPS) is 22.1. The Morgan fingerprint density at radius 3 is 2.43 bits per heavy atom. The van der Waals surface area contributed by atoms with Crippen molar-refractivity contribution in [3.63, 3.8) is 0 Å². The lowest BCUT2D eigenvalue weighted by Crippen LogP contribution is -2.60. The number of nitro benzene ring substituents is 1. The van der Waals surface area contributed by atoms with Gasteiger partial charge in [0, 0.05) is 62.5 Å². The van der Waals surface area contributed by atoms with Crippen LogP contribution in [-0.2, 0) is 16.0 Å². The highest BCUT2D eigenvalue weighted by Gasteiger charge is 2.51. The minimum absolute atomic E-state index is 0.0558. The fraction of sp³-hybridized carbons (Fsp3) is 0.400. The van der Waals surface area contributed by atoms with Gasteiger partial charge >= 0.3 is 0 Å². The first kappa shape index (κ1) is 23.0. The molecule has 1 unspecified atom stereocenters. The van der Waals surface area contributed by atoms with E-state index < -0.39 is 10.5 Å². The van der Waals surface area contributed by atoms with E-state index in [1.165, 1.54) is 24.3 Å². The molecular formula is C25H27N5O5. The van der Waals surface area contributed by atoms with E-state index in [1.54, 1.807) is 9.80 Å². The molecule has 2 fully saturated rings. The molecule has 0 bridgehead atoms. The second-order valence-corrected chi connectivity index (χ2v) is 9.34. The summed E-state index contributed by atoms with van der Waals surface area (Å²) in [6, 6.07) is 13.3. The Bertz CT molecular complexity index is 1180. The van der Waals surface area contributed by atoms with Gasteiger partial charge in [0.05, 0.1) is 11.5 Å². The predicted molar refractivity (Wildman–Crippen MR) is 128 cm³/mol. The predicted octanol–water partition coefficient (Wildman–Crippen LogP) is 1.91. The van der Waals surface area contributed by atoms with Gasteiger partial charge in [-0.25, -0.2) is 0 Å². The first-order valence-corrected chi connectivity index (χ1v) is 11.8. The molecule has 10 nitrogen and oxygen atoms in total. The Morgan fingerprint density at radius 1 is 1.00 bits per heavy atom. The van der Waals surface area contributed by atoms with Crippen LogP contribution >= 0.6 is 0 Å². The van der Waals surface area contributed by atoms with Crippen LogP contribution in [0.4, 0.5) is 11.4 Å². The quantitative estimate of drug-likeness (QED) is 0.531. The molecule has 0 radical (unpaired) electrons. The molecule has 182 valence electrons. The molecule has 2 aromatic carbocycles. The van der Waals surface area contributed by atoms with E-state index in [2.05, 4.69) is 5.32 Å². The van der Waals surface area contributed by atoms with Gasteiger partial charge in [-0.1, -0.05) is 18.2 Å². The summed E-state index contributed by atoms with van der Waals surface area (Å²) in [6.07, 6.45) is 1.97. The molecule has 2 aromatic rings. The Kier molecular flexibility index (Phi) is 5.98. The summed E-state index contributed by atoms with van der Waals surface area (Å²) in [5.74, 6) is -0.352. The van der Waals surface area contributed by atoms with Crippen molar-refractivity contribution in [1.29, 1.82) is 0 Å². The molecule has 0 aromatic heterocycles. The number of anilines is 1. The van der Waals surface area contributed by atoms with Crippen molar-refractivity contribution in [2.45, 2.75) is 24.8 Å². The Hall–Kier alpha value is -3.79. The maximum absolute atomic E-state index is 13.3. The van der Waals surface area contributed by atoms with Crippen LogP contribution in [0.25, 0.3) is 0 Å². The van der Waals surface area contributed by atoms with Crippen molar-refractivity contribution in [2.75, 3.05) is 44.6 Å². The number of hydrogen-bond donors (Lipinski definition) is 1. The zero-order valence-electron chi connectivity index (χ0n) is 19.3. The molecular weight excluding hydrogens is 450 g/mol. The summed E-state index contributed by atoms with van der Waals surface area (Å²) >= 11 is 0. The van der Waals surface area contributed by atoms with E-state index in [-0.39, 0.29) is 30.0 Å². The van der Waals surface area contributed by atoms with Crippen molar-refractivity contribution < 1.29 is 19.3 Å². The summed E-state index contributed by atoms with van der Waals surface area (Å²) in [7, 11) is 0. The van der Waals surface area contributed by atoms with Crippen LogP contribution in [0.1, 0.15) is 28.8 Å². The summed E-state index contributed by atoms with van der Waals surface area (Å²) in [5.41, 5.74) is 1.38. The molecule has 35 heavy (non-hydrogen) atoms. The van der Waals surface area contributed by atoms with E-state index in [1.807, 2.05) is 29.2 Å². The number of carbonyl (C=O) groups excluding carboxylic acids is 3. The third-order valence-electron chi connectivity index (χ3n) is 7.30. The van der Waals surface area contributed by atoms with Crippen molar-refractivity contribution in [1.82, 2.24) is 14.7 Å². The summed E-state index contributed by atoms with van der Waals surface area (Å²) in [6.45, 7) is 2.77. The number of carbonyl (C=O) groups is 3. The molecule has 3 heterocycles. The minimum Gasteiger partial charge on any atom is -0.336 e. The number of likely N-dealkylation sites (tertiary alicyclic amines) is 1. The molecule has 3 aliphatic heterocycles.